The number of hydrogen-bond donors (Lipinski definition) is 2. The van der Waals surface area contributed by atoms with Gasteiger partial charge in [-0.1, -0.05) is 157 Å². The van der Waals surface area contributed by atoms with Crippen molar-refractivity contribution in [1.82, 2.24) is 0 Å². The van der Waals surface area contributed by atoms with Gasteiger partial charge in [-0.3, -0.25) is 0 Å². The molecule has 2 N–H and O–H groups in total. The molecule has 0 bridgehead atoms. The Bertz CT molecular complexity index is 1560. The highest BCUT2D eigenvalue weighted by Gasteiger charge is 2.20. The van der Waals surface area contributed by atoms with Crippen molar-refractivity contribution >= 4 is 46.3 Å². The van der Waals surface area contributed by atoms with Gasteiger partial charge in [0.2, 0.25) is 0 Å². The van der Waals surface area contributed by atoms with Crippen molar-refractivity contribution in [3.8, 4) is 0 Å². The highest BCUT2D eigenvalue weighted by Crippen LogP contribution is 2.47. The Labute approximate surface area is 300 Å². The molecule has 48 heavy (non-hydrogen) atoms. The van der Waals surface area contributed by atoms with Crippen molar-refractivity contribution in [3.05, 3.63) is 95.6 Å². The fourth-order valence-corrected chi connectivity index (χ4v) is 8.86. The summed E-state index contributed by atoms with van der Waals surface area (Å²) in [6.07, 6.45) is 22.5. The average molecular weight is 679 g/mol. The van der Waals surface area contributed by atoms with Crippen molar-refractivity contribution in [3.63, 3.8) is 0 Å². The minimum absolute atomic E-state index is 1.16. The van der Waals surface area contributed by atoms with Crippen LogP contribution in [-0.4, -0.2) is 0 Å². The zero-order chi connectivity index (χ0) is 33.4. The predicted octanol–water partition coefficient (Wildman–Crippen LogP) is 14.9. The first kappa shape index (κ1) is 36.5. The van der Waals surface area contributed by atoms with E-state index in [0.717, 1.165) is 6.42 Å². The van der Waals surface area contributed by atoms with Gasteiger partial charge in [0.15, 0.2) is 0 Å². The van der Waals surface area contributed by atoms with E-state index < -0.39 is 0 Å². The number of rotatable bonds is 17. The molecule has 4 aromatic rings. The summed E-state index contributed by atoms with van der Waals surface area (Å²) in [6, 6.07) is 28.7. The van der Waals surface area contributed by atoms with Crippen molar-refractivity contribution in [1.29, 1.82) is 0 Å². The van der Waals surface area contributed by atoms with E-state index in [9.17, 15) is 0 Å². The molecule has 2 nitrogen and oxygen atoms in total. The second-order valence-electron chi connectivity index (χ2n) is 13.5. The summed E-state index contributed by atoms with van der Waals surface area (Å²) in [5, 5.41) is 7.41. The Hall–Kier alpha value is -2.82. The summed E-state index contributed by atoms with van der Waals surface area (Å²) >= 11 is 3.80. The van der Waals surface area contributed by atoms with Crippen LogP contribution in [0.3, 0.4) is 0 Å². The van der Waals surface area contributed by atoms with Crippen molar-refractivity contribution in [2.45, 2.75) is 150 Å². The molecule has 2 aliphatic heterocycles. The van der Waals surface area contributed by atoms with Crippen LogP contribution in [0.2, 0.25) is 0 Å². The lowest BCUT2D eigenvalue weighted by molar-refractivity contribution is 0.599. The second-order valence-corrected chi connectivity index (χ2v) is 15.6. The van der Waals surface area contributed by atoms with E-state index in [1.165, 1.54) is 151 Å². The standard InChI is InChI=1S/C28H41NS.C16H17NS/c1-3-5-7-9-11-13-17-23-21-22-27-28(24(23)18-14-12-10-8-6-4-2)29-25-19-15-16-20-26(25)30-27;1-2-3-7-12-8-6-11-15-16(12)17-13-9-4-5-10-14(13)18-15/h15-16,19-22,29H,3-14,17-18H2,1-2H3;4-6,8-11,17H,2-3,7H2,1H3. The van der Waals surface area contributed by atoms with E-state index in [-0.39, 0.29) is 0 Å². The van der Waals surface area contributed by atoms with Gasteiger partial charge in [-0.15, -0.1) is 0 Å². The first-order chi connectivity index (χ1) is 23.7. The fraction of sp³-hybridized carbons (Fsp3) is 0.455. The summed E-state index contributed by atoms with van der Waals surface area (Å²) in [7, 11) is 0. The van der Waals surface area contributed by atoms with Crippen molar-refractivity contribution in [2.24, 2.45) is 0 Å². The summed E-state index contributed by atoms with van der Waals surface area (Å²) in [5.41, 5.74) is 9.85. The Morgan fingerprint density at radius 2 is 0.896 bits per heavy atom. The molecule has 0 aromatic heterocycles. The lowest BCUT2D eigenvalue weighted by Gasteiger charge is -2.25. The minimum atomic E-state index is 1.16. The second kappa shape index (κ2) is 20.0. The van der Waals surface area contributed by atoms with Gasteiger partial charge in [0, 0.05) is 19.6 Å². The minimum Gasteiger partial charge on any atom is -0.353 e. The number of nitrogens with one attached hydrogen (secondary N) is 2. The zero-order valence-electron chi connectivity index (χ0n) is 29.8. The van der Waals surface area contributed by atoms with E-state index in [2.05, 4.69) is 110 Å². The third-order valence-electron chi connectivity index (χ3n) is 9.60. The molecule has 0 saturated heterocycles. The highest BCUT2D eigenvalue weighted by molar-refractivity contribution is 8.00. The molecule has 2 aliphatic rings. The zero-order valence-corrected chi connectivity index (χ0v) is 31.5. The third-order valence-corrected chi connectivity index (χ3v) is 11.9. The molecule has 0 amide bonds. The molecular weight excluding hydrogens is 621 g/mol. The first-order valence-corrected chi connectivity index (χ1v) is 20.7. The van der Waals surface area contributed by atoms with E-state index in [1.54, 1.807) is 11.1 Å². The van der Waals surface area contributed by atoms with Crippen LogP contribution in [0.1, 0.15) is 127 Å². The number of unbranched alkanes of at least 4 members (excludes halogenated alkanes) is 11. The number of anilines is 4. The molecular formula is C44H58N2S2. The van der Waals surface area contributed by atoms with Crippen LogP contribution >= 0.6 is 23.5 Å². The summed E-state index contributed by atoms with van der Waals surface area (Å²) < 4.78 is 0. The van der Waals surface area contributed by atoms with E-state index in [0.29, 0.717) is 0 Å². The maximum Gasteiger partial charge on any atom is 0.0561 e. The Morgan fingerprint density at radius 3 is 1.54 bits per heavy atom. The Balaban J connectivity index is 0.000000212. The summed E-state index contributed by atoms with van der Waals surface area (Å²) in [4.78, 5) is 5.42. The highest BCUT2D eigenvalue weighted by atomic mass is 32.2. The number of para-hydroxylation sites is 3. The van der Waals surface area contributed by atoms with Crippen LogP contribution in [0, 0.1) is 0 Å². The van der Waals surface area contributed by atoms with Gasteiger partial charge in [-0.25, -0.2) is 0 Å². The molecule has 4 aromatic carbocycles. The summed E-state index contributed by atoms with van der Waals surface area (Å²) in [6.45, 7) is 6.84. The molecule has 0 saturated carbocycles. The van der Waals surface area contributed by atoms with Crippen LogP contribution in [0.4, 0.5) is 22.7 Å². The molecule has 0 aliphatic carbocycles. The molecule has 6 rings (SSSR count). The fourth-order valence-electron chi connectivity index (χ4n) is 6.79. The largest absolute Gasteiger partial charge is 0.353 e. The van der Waals surface area contributed by atoms with Crippen LogP contribution in [0.5, 0.6) is 0 Å². The number of hydrogen-bond acceptors (Lipinski definition) is 4. The summed E-state index contributed by atoms with van der Waals surface area (Å²) in [5.74, 6) is 0. The topological polar surface area (TPSA) is 24.1 Å². The SMILES string of the molecule is CCCCCCCCc1ccc2c(c1CCCCCCCC)Nc1ccccc1S2.CCCCc1cccc2c1Nc1ccccc1S2. The number of aryl methyl sites for hydroxylation is 2. The molecule has 256 valence electrons. The van der Waals surface area contributed by atoms with Gasteiger partial charge >= 0.3 is 0 Å². The molecule has 0 unspecified atom stereocenters. The van der Waals surface area contributed by atoms with Crippen LogP contribution in [-0.2, 0) is 19.3 Å². The number of benzene rings is 4. The normalized spacial score (nSPS) is 12.4. The van der Waals surface area contributed by atoms with Gasteiger partial charge in [-0.05, 0) is 91.6 Å². The predicted molar refractivity (Wildman–Crippen MR) is 213 cm³/mol. The molecule has 0 spiro atoms. The lowest BCUT2D eigenvalue weighted by atomic mass is 9.94. The number of fused-ring (bicyclic) bond motifs is 4. The molecule has 0 atom stereocenters. The molecule has 0 fully saturated rings. The molecule has 2 heterocycles. The van der Waals surface area contributed by atoms with Crippen molar-refractivity contribution < 1.29 is 0 Å². The lowest BCUT2D eigenvalue weighted by Crippen LogP contribution is -2.07. The Kier molecular flexibility index (Phi) is 15.2. The molecule has 0 radical (unpaired) electrons. The Morgan fingerprint density at radius 1 is 0.396 bits per heavy atom. The van der Waals surface area contributed by atoms with Crippen LogP contribution < -0.4 is 10.6 Å². The van der Waals surface area contributed by atoms with E-state index in [1.807, 2.05) is 23.5 Å². The maximum atomic E-state index is 3.81. The van der Waals surface area contributed by atoms with Gasteiger partial charge < -0.3 is 10.6 Å². The quantitative estimate of drug-likeness (QED) is 0.0938. The van der Waals surface area contributed by atoms with Gasteiger partial charge in [0.05, 0.1) is 22.7 Å². The molecule has 4 heteroatoms. The van der Waals surface area contributed by atoms with E-state index in [4.69, 9.17) is 0 Å². The maximum absolute atomic E-state index is 3.81. The van der Waals surface area contributed by atoms with Crippen LogP contribution in [0.15, 0.2) is 98.4 Å². The average Bonchev–Trinajstić information content (AvgIpc) is 3.12. The van der Waals surface area contributed by atoms with E-state index >= 15 is 0 Å². The third kappa shape index (κ3) is 10.3. The van der Waals surface area contributed by atoms with Gasteiger partial charge in [0.25, 0.3) is 0 Å². The van der Waals surface area contributed by atoms with Crippen LogP contribution in [0.25, 0.3) is 0 Å². The first-order valence-electron chi connectivity index (χ1n) is 19.1. The van der Waals surface area contributed by atoms with Crippen molar-refractivity contribution in [2.75, 3.05) is 10.6 Å². The monoisotopic (exact) mass is 678 g/mol. The van der Waals surface area contributed by atoms with Gasteiger partial charge in [-0.2, -0.15) is 0 Å². The smallest absolute Gasteiger partial charge is 0.0561 e. The van der Waals surface area contributed by atoms with Gasteiger partial charge in [0.1, 0.15) is 0 Å².